The number of aromatic nitrogens is 2. The van der Waals surface area contributed by atoms with Crippen LogP contribution in [0.5, 0.6) is 0 Å². The number of hydrogen-bond acceptors (Lipinski definition) is 4. The fraction of sp³-hybridized carbons (Fsp3) is 0.167. The van der Waals surface area contributed by atoms with Crippen LogP contribution < -0.4 is 5.73 Å². The second-order valence-electron chi connectivity index (χ2n) is 3.54. The number of aryl methyl sites for hydroxylation is 1. The summed E-state index contributed by atoms with van der Waals surface area (Å²) < 4.78 is 0. The fourth-order valence-electron chi connectivity index (χ4n) is 1.37. The standard InChI is InChI=1S/C12H12ClN3S/c1-8-4-5-15-12(16-8)17-11-6-10(13)3-2-9(11)7-14/h2-6H,7,14H2,1H3. The van der Waals surface area contributed by atoms with Gasteiger partial charge in [0.05, 0.1) is 0 Å². The molecular formula is C12H12ClN3S. The second kappa shape index (κ2) is 5.49. The van der Waals surface area contributed by atoms with Gasteiger partial charge in [0, 0.05) is 28.4 Å². The third-order valence-corrected chi connectivity index (χ3v) is 3.44. The normalized spacial score (nSPS) is 10.5. The molecule has 0 bridgehead atoms. The van der Waals surface area contributed by atoms with Crippen LogP contribution in [0.2, 0.25) is 5.02 Å². The highest BCUT2D eigenvalue weighted by atomic mass is 35.5. The van der Waals surface area contributed by atoms with Crippen LogP contribution in [0, 0.1) is 6.92 Å². The van der Waals surface area contributed by atoms with Crippen molar-refractivity contribution in [1.82, 2.24) is 9.97 Å². The van der Waals surface area contributed by atoms with Gasteiger partial charge >= 0.3 is 0 Å². The van der Waals surface area contributed by atoms with E-state index in [1.165, 1.54) is 11.8 Å². The van der Waals surface area contributed by atoms with E-state index in [2.05, 4.69) is 9.97 Å². The van der Waals surface area contributed by atoms with Gasteiger partial charge in [-0.3, -0.25) is 0 Å². The molecule has 2 aromatic rings. The molecule has 1 heterocycles. The molecular weight excluding hydrogens is 254 g/mol. The molecule has 0 aliphatic rings. The highest BCUT2D eigenvalue weighted by Gasteiger charge is 2.06. The van der Waals surface area contributed by atoms with E-state index in [1.54, 1.807) is 6.20 Å². The molecule has 0 unspecified atom stereocenters. The molecule has 1 aromatic carbocycles. The molecule has 0 spiro atoms. The molecule has 0 aliphatic heterocycles. The van der Waals surface area contributed by atoms with E-state index >= 15 is 0 Å². The maximum atomic E-state index is 5.98. The molecule has 0 atom stereocenters. The Morgan fingerprint density at radius 3 is 2.88 bits per heavy atom. The Labute approximate surface area is 109 Å². The van der Waals surface area contributed by atoms with Crippen molar-refractivity contribution in [3.8, 4) is 0 Å². The number of halogens is 1. The third kappa shape index (κ3) is 3.19. The first-order valence-corrected chi connectivity index (χ1v) is 6.34. The van der Waals surface area contributed by atoms with E-state index in [4.69, 9.17) is 17.3 Å². The molecule has 0 radical (unpaired) electrons. The minimum absolute atomic E-state index is 0.477. The monoisotopic (exact) mass is 265 g/mol. The van der Waals surface area contributed by atoms with Gasteiger partial charge in [-0.2, -0.15) is 0 Å². The van der Waals surface area contributed by atoms with E-state index in [-0.39, 0.29) is 0 Å². The zero-order valence-corrected chi connectivity index (χ0v) is 10.9. The second-order valence-corrected chi connectivity index (χ2v) is 4.98. The SMILES string of the molecule is Cc1ccnc(Sc2cc(Cl)ccc2CN)n1. The molecule has 0 saturated carbocycles. The number of nitrogens with two attached hydrogens (primary N) is 1. The molecule has 0 amide bonds. The summed E-state index contributed by atoms with van der Waals surface area (Å²) in [4.78, 5) is 9.55. The molecule has 88 valence electrons. The van der Waals surface area contributed by atoms with E-state index in [1.807, 2.05) is 31.2 Å². The average molecular weight is 266 g/mol. The molecule has 0 saturated heterocycles. The Bertz CT molecular complexity index is 531. The summed E-state index contributed by atoms with van der Waals surface area (Å²) in [6.45, 7) is 2.42. The lowest BCUT2D eigenvalue weighted by Crippen LogP contribution is -1.98. The lowest BCUT2D eigenvalue weighted by Gasteiger charge is -2.07. The Morgan fingerprint density at radius 2 is 2.18 bits per heavy atom. The van der Waals surface area contributed by atoms with E-state index in [0.717, 1.165) is 16.2 Å². The van der Waals surface area contributed by atoms with Crippen LogP contribution in [0.15, 0.2) is 40.5 Å². The van der Waals surface area contributed by atoms with Crippen LogP contribution >= 0.6 is 23.4 Å². The summed E-state index contributed by atoms with van der Waals surface area (Å²) in [7, 11) is 0. The number of nitrogens with zero attached hydrogens (tertiary/aromatic N) is 2. The van der Waals surface area contributed by atoms with Crippen LogP contribution in [-0.4, -0.2) is 9.97 Å². The largest absolute Gasteiger partial charge is 0.326 e. The molecule has 1 aromatic heterocycles. The summed E-state index contributed by atoms with van der Waals surface area (Å²) in [5.41, 5.74) is 7.68. The van der Waals surface area contributed by atoms with Crippen LogP contribution in [0.1, 0.15) is 11.3 Å². The van der Waals surface area contributed by atoms with Crippen molar-refractivity contribution in [2.24, 2.45) is 5.73 Å². The van der Waals surface area contributed by atoms with Crippen molar-refractivity contribution < 1.29 is 0 Å². The van der Waals surface area contributed by atoms with Crippen molar-refractivity contribution in [1.29, 1.82) is 0 Å². The van der Waals surface area contributed by atoms with Gasteiger partial charge in [-0.1, -0.05) is 17.7 Å². The summed E-state index contributed by atoms with van der Waals surface area (Å²) in [5, 5.41) is 1.40. The summed E-state index contributed by atoms with van der Waals surface area (Å²) in [5.74, 6) is 0. The van der Waals surface area contributed by atoms with Gasteiger partial charge in [-0.15, -0.1) is 0 Å². The molecule has 2 rings (SSSR count). The molecule has 0 aliphatic carbocycles. The van der Waals surface area contributed by atoms with Crippen LogP contribution in [0.25, 0.3) is 0 Å². The number of rotatable bonds is 3. The Balaban J connectivity index is 2.32. The zero-order chi connectivity index (χ0) is 12.3. The maximum Gasteiger partial charge on any atom is 0.192 e. The molecule has 17 heavy (non-hydrogen) atoms. The minimum atomic E-state index is 0.477. The van der Waals surface area contributed by atoms with Gasteiger partial charge < -0.3 is 5.73 Å². The first-order chi connectivity index (χ1) is 8.19. The first kappa shape index (κ1) is 12.4. The van der Waals surface area contributed by atoms with Gasteiger partial charge in [0.2, 0.25) is 0 Å². The van der Waals surface area contributed by atoms with Gasteiger partial charge in [0.1, 0.15) is 0 Å². The van der Waals surface area contributed by atoms with Crippen molar-refractivity contribution >= 4 is 23.4 Å². The summed E-state index contributed by atoms with van der Waals surface area (Å²) in [6, 6.07) is 7.53. The van der Waals surface area contributed by atoms with Crippen molar-refractivity contribution in [3.05, 3.63) is 46.7 Å². The van der Waals surface area contributed by atoms with Crippen LogP contribution in [0.3, 0.4) is 0 Å². The van der Waals surface area contributed by atoms with Crippen LogP contribution in [0.4, 0.5) is 0 Å². The summed E-state index contributed by atoms with van der Waals surface area (Å²) >= 11 is 7.46. The predicted octanol–water partition coefficient (Wildman–Crippen LogP) is 3.05. The van der Waals surface area contributed by atoms with E-state index in [9.17, 15) is 0 Å². The molecule has 5 heteroatoms. The quantitative estimate of drug-likeness (QED) is 0.867. The molecule has 3 nitrogen and oxygen atoms in total. The first-order valence-electron chi connectivity index (χ1n) is 5.15. The lowest BCUT2D eigenvalue weighted by molar-refractivity contribution is 0.928. The zero-order valence-electron chi connectivity index (χ0n) is 9.35. The summed E-state index contributed by atoms with van der Waals surface area (Å²) in [6.07, 6.45) is 1.75. The van der Waals surface area contributed by atoms with Crippen molar-refractivity contribution in [3.63, 3.8) is 0 Å². The third-order valence-electron chi connectivity index (χ3n) is 2.22. The minimum Gasteiger partial charge on any atom is -0.326 e. The average Bonchev–Trinajstić information content (AvgIpc) is 2.29. The highest BCUT2D eigenvalue weighted by molar-refractivity contribution is 7.99. The van der Waals surface area contributed by atoms with Crippen LogP contribution in [-0.2, 0) is 6.54 Å². The van der Waals surface area contributed by atoms with Gasteiger partial charge in [0.25, 0.3) is 0 Å². The van der Waals surface area contributed by atoms with Crippen molar-refractivity contribution in [2.45, 2.75) is 23.5 Å². The number of benzene rings is 1. The van der Waals surface area contributed by atoms with Gasteiger partial charge in [-0.25, -0.2) is 9.97 Å². The fourth-order valence-corrected chi connectivity index (χ4v) is 2.57. The van der Waals surface area contributed by atoms with E-state index < -0.39 is 0 Å². The van der Waals surface area contributed by atoms with Gasteiger partial charge in [0.15, 0.2) is 5.16 Å². The Hall–Kier alpha value is -1.10. The van der Waals surface area contributed by atoms with E-state index in [0.29, 0.717) is 16.7 Å². The maximum absolute atomic E-state index is 5.98. The Morgan fingerprint density at radius 1 is 1.35 bits per heavy atom. The Kier molecular flexibility index (Phi) is 3.99. The molecule has 2 N–H and O–H groups in total. The molecule has 0 fully saturated rings. The van der Waals surface area contributed by atoms with Crippen molar-refractivity contribution in [2.75, 3.05) is 0 Å². The lowest BCUT2D eigenvalue weighted by atomic mass is 10.2. The topological polar surface area (TPSA) is 51.8 Å². The van der Waals surface area contributed by atoms with Gasteiger partial charge in [-0.05, 0) is 42.4 Å². The number of hydrogen-bond donors (Lipinski definition) is 1. The predicted molar refractivity (Wildman–Crippen MR) is 70.2 cm³/mol. The highest BCUT2D eigenvalue weighted by Crippen LogP contribution is 2.30. The smallest absolute Gasteiger partial charge is 0.192 e.